The summed E-state index contributed by atoms with van der Waals surface area (Å²) < 4.78 is 5.47. The number of hydrogen-bond acceptors (Lipinski definition) is 6. The predicted molar refractivity (Wildman–Crippen MR) is 101 cm³/mol. The molecular weight excluding hydrogens is 326 g/mol. The second kappa shape index (κ2) is 7.25. The van der Waals surface area contributed by atoms with Gasteiger partial charge in [0.2, 0.25) is 11.7 Å². The Bertz CT molecular complexity index is 840. The first-order valence-corrected chi connectivity index (χ1v) is 8.93. The van der Waals surface area contributed by atoms with Crippen LogP contribution in [0, 0.1) is 0 Å². The molecule has 134 valence electrons. The molecule has 0 radical (unpaired) electrons. The maximum Gasteiger partial charge on any atom is 0.241 e. The largest absolute Gasteiger partial charge is 0.378 e. The van der Waals surface area contributed by atoms with Crippen LogP contribution in [0.25, 0.3) is 11.5 Å². The van der Waals surface area contributed by atoms with Gasteiger partial charge >= 0.3 is 0 Å². The van der Waals surface area contributed by atoms with E-state index < -0.39 is 0 Å². The highest BCUT2D eigenvalue weighted by Gasteiger charge is 2.30. The Balaban J connectivity index is 1.45. The zero-order chi connectivity index (χ0) is 17.9. The second-order valence-corrected chi connectivity index (χ2v) is 6.92. The maximum atomic E-state index is 5.47. The van der Waals surface area contributed by atoms with E-state index in [1.807, 2.05) is 18.2 Å². The van der Waals surface area contributed by atoms with Crippen LogP contribution in [0.5, 0.6) is 0 Å². The van der Waals surface area contributed by atoms with E-state index in [4.69, 9.17) is 4.52 Å². The fourth-order valence-electron chi connectivity index (χ4n) is 2.98. The van der Waals surface area contributed by atoms with Crippen LogP contribution in [0.3, 0.4) is 0 Å². The SMILES string of the molecule is CN(C)c1ccc(CN(Cc2nc(-c3ccccn3)no2)C2CC2)cc1. The predicted octanol–water partition coefficient (Wildman–Crippen LogP) is 3.36. The summed E-state index contributed by atoms with van der Waals surface area (Å²) in [5, 5.41) is 4.08. The monoisotopic (exact) mass is 349 g/mol. The third-order valence-corrected chi connectivity index (χ3v) is 4.60. The van der Waals surface area contributed by atoms with E-state index in [0.29, 0.717) is 24.3 Å². The van der Waals surface area contributed by atoms with Crippen molar-refractivity contribution in [3.05, 3.63) is 60.1 Å². The third kappa shape index (κ3) is 3.91. The summed E-state index contributed by atoms with van der Waals surface area (Å²) in [6.45, 7) is 1.56. The lowest BCUT2D eigenvalue weighted by Crippen LogP contribution is -2.25. The average molecular weight is 349 g/mol. The number of nitrogens with zero attached hydrogens (tertiary/aromatic N) is 5. The molecule has 2 aromatic heterocycles. The Labute approximate surface area is 153 Å². The van der Waals surface area contributed by atoms with Crippen molar-refractivity contribution in [2.24, 2.45) is 0 Å². The van der Waals surface area contributed by atoms with Gasteiger partial charge in [0.15, 0.2) is 0 Å². The molecule has 1 saturated carbocycles. The van der Waals surface area contributed by atoms with E-state index in [1.165, 1.54) is 24.1 Å². The van der Waals surface area contributed by atoms with Gasteiger partial charge in [-0.2, -0.15) is 4.98 Å². The van der Waals surface area contributed by atoms with Crippen LogP contribution in [0.15, 0.2) is 53.2 Å². The maximum absolute atomic E-state index is 5.47. The summed E-state index contributed by atoms with van der Waals surface area (Å²) in [5.41, 5.74) is 3.25. The van der Waals surface area contributed by atoms with Crippen LogP contribution < -0.4 is 4.90 Å². The van der Waals surface area contributed by atoms with Gasteiger partial charge in [0, 0.05) is 38.6 Å². The topological polar surface area (TPSA) is 58.3 Å². The number of anilines is 1. The molecule has 1 aliphatic carbocycles. The van der Waals surface area contributed by atoms with E-state index >= 15 is 0 Å². The molecule has 1 aliphatic rings. The van der Waals surface area contributed by atoms with Gasteiger partial charge < -0.3 is 9.42 Å². The van der Waals surface area contributed by atoms with Crippen LogP contribution in [-0.4, -0.2) is 40.2 Å². The molecule has 0 saturated heterocycles. The highest BCUT2D eigenvalue weighted by atomic mass is 16.5. The smallest absolute Gasteiger partial charge is 0.241 e. The van der Waals surface area contributed by atoms with Crippen LogP contribution >= 0.6 is 0 Å². The normalized spacial score (nSPS) is 14.0. The molecule has 0 bridgehead atoms. The van der Waals surface area contributed by atoms with Crippen molar-refractivity contribution >= 4 is 5.69 Å². The fourth-order valence-corrected chi connectivity index (χ4v) is 2.98. The lowest BCUT2D eigenvalue weighted by Gasteiger charge is -2.20. The van der Waals surface area contributed by atoms with Crippen LogP contribution in [0.4, 0.5) is 5.69 Å². The standard InChI is InChI=1S/C20H23N5O/c1-24(2)16-8-6-15(7-9-16)13-25(17-10-11-17)14-19-22-20(23-26-19)18-5-3-4-12-21-18/h3-9,12,17H,10-11,13-14H2,1-2H3. The Kier molecular flexibility index (Phi) is 4.67. The number of benzene rings is 1. The Morgan fingerprint density at radius 1 is 1.04 bits per heavy atom. The zero-order valence-corrected chi connectivity index (χ0v) is 15.2. The summed E-state index contributed by atoms with van der Waals surface area (Å²) >= 11 is 0. The van der Waals surface area contributed by atoms with Crippen LogP contribution in [0.2, 0.25) is 0 Å². The van der Waals surface area contributed by atoms with Gasteiger partial charge in [-0.1, -0.05) is 23.4 Å². The van der Waals surface area contributed by atoms with Gasteiger partial charge in [-0.3, -0.25) is 9.88 Å². The van der Waals surface area contributed by atoms with Gasteiger partial charge in [0.1, 0.15) is 5.69 Å². The summed E-state index contributed by atoms with van der Waals surface area (Å²) in [6, 6.07) is 15.0. The van der Waals surface area contributed by atoms with E-state index in [0.717, 1.165) is 12.2 Å². The highest BCUT2D eigenvalue weighted by Crippen LogP contribution is 2.30. The van der Waals surface area contributed by atoms with E-state index in [9.17, 15) is 0 Å². The molecule has 26 heavy (non-hydrogen) atoms. The zero-order valence-electron chi connectivity index (χ0n) is 15.2. The lowest BCUT2D eigenvalue weighted by molar-refractivity contribution is 0.209. The van der Waals surface area contributed by atoms with Crippen molar-refractivity contribution in [2.75, 3.05) is 19.0 Å². The first-order chi connectivity index (χ1) is 12.7. The molecule has 0 N–H and O–H groups in total. The van der Waals surface area contributed by atoms with Crippen molar-refractivity contribution in [3.63, 3.8) is 0 Å². The minimum absolute atomic E-state index is 0.548. The van der Waals surface area contributed by atoms with Gasteiger partial charge in [-0.15, -0.1) is 0 Å². The third-order valence-electron chi connectivity index (χ3n) is 4.60. The van der Waals surface area contributed by atoms with Gasteiger partial charge in [-0.25, -0.2) is 0 Å². The molecule has 6 heteroatoms. The van der Waals surface area contributed by atoms with Gasteiger partial charge in [-0.05, 0) is 42.7 Å². The van der Waals surface area contributed by atoms with E-state index in [1.54, 1.807) is 6.20 Å². The molecule has 0 unspecified atom stereocenters. The summed E-state index contributed by atoms with van der Waals surface area (Å²) in [5.74, 6) is 1.19. The Hall–Kier alpha value is -2.73. The molecule has 4 rings (SSSR count). The van der Waals surface area contributed by atoms with E-state index in [2.05, 4.69) is 63.3 Å². The number of rotatable bonds is 7. The molecule has 1 fully saturated rings. The van der Waals surface area contributed by atoms with Gasteiger partial charge in [0.25, 0.3) is 0 Å². The van der Waals surface area contributed by atoms with E-state index in [-0.39, 0.29) is 0 Å². The molecule has 3 aromatic rings. The van der Waals surface area contributed by atoms with Crippen molar-refractivity contribution in [3.8, 4) is 11.5 Å². The highest BCUT2D eigenvalue weighted by molar-refractivity contribution is 5.47. The minimum Gasteiger partial charge on any atom is -0.378 e. The van der Waals surface area contributed by atoms with Crippen molar-refractivity contribution in [2.45, 2.75) is 32.0 Å². The molecule has 6 nitrogen and oxygen atoms in total. The van der Waals surface area contributed by atoms with Crippen LogP contribution in [0.1, 0.15) is 24.3 Å². The van der Waals surface area contributed by atoms with Crippen LogP contribution in [-0.2, 0) is 13.1 Å². The lowest BCUT2D eigenvalue weighted by atomic mass is 10.2. The first-order valence-electron chi connectivity index (χ1n) is 8.93. The quantitative estimate of drug-likeness (QED) is 0.652. The molecule has 0 amide bonds. The first kappa shape index (κ1) is 16.7. The summed E-state index contributed by atoms with van der Waals surface area (Å²) in [6.07, 6.45) is 4.20. The summed E-state index contributed by atoms with van der Waals surface area (Å²) in [4.78, 5) is 13.3. The van der Waals surface area contributed by atoms with Gasteiger partial charge in [0.05, 0.1) is 6.54 Å². The number of hydrogen-bond donors (Lipinski definition) is 0. The van der Waals surface area contributed by atoms with Crippen molar-refractivity contribution < 1.29 is 4.52 Å². The molecular formula is C20H23N5O. The number of pyridine rings is 1. The second-order valence-electron chi connectivity index (χ2n) is 6.92. The molecule has 1 aromatic carbocycles. The molecule has 0 atom stereocenters. The number of aromatic nitrogens is 3. The van der Waals surface area contributed by atoms with Crippen molar-refractivity contribution in [1.29, 1.82) is 0 Å². The Morgan fingerprint density at radius 3 is 2.50 bits per heavy atom. The van der Waals surface area contributed by atoms with Crippen molar-refractivity contribution in [1.82, 2.24) is 20.0 Å². The Morgan fingerprint density at radius 2 is 1.85 bits per heavy atom. The molecule has 0 spiro atoms. The molecule has 2 heterocycles. The average Bonchev–Trinajstić information content (AvgIpc) is 3.41. The summed E-state index contributed by atoms with van der Waals surface area (Å²) in [7, 11) is 4.11. The fraction of sp³-hybridized carbons (Fsp3) is 0.350. The minimum atomic E-state index is 0.548. The molecule has 0 aliphatic heterocycles.